The summed E-state index contributed by atoms with van der Waals surface area (Å²) >= 11 is 1.51. The Morgan fingerprint density at radius 1 is 1.19 bits per heavy atom. The maximum atomic E-state index is 12.8. The SMILES string of the molecule is COc1ccccc1C(=O)NC(CCSC)C(=O)NCc1cccnc1OCC(F)(F)F. The summed E-state index contributed by atoms with van der Waals surface area (Å²) in [5, 5.41) is 5.33. The number of methoxy groups -OCH3 is 1. The van der Waals surface area contributed by atoms with Gasteiger partial charge in [-0.3, -0.25) is 9.59 Å². The maximum Gasteiger partial charge on any atom is 0.422 e. The summed E-state index contributed by atoms with van der Waals surface area (Å²) in [6, 6.07) is 8.80. The van der Waals surface area contributed by atoms with Crippen molar-refractivity contribution in [2.24, 2.45) is 0 Å². The third kappa shape index (κ3) is 7.95. The molecular weight excluding hydrogens is 447 g/mol. The van der Waals surface area contributed by atoms with Gasteiger partial charge in [0.25, 0.3) is 5.91 Å². The van der Waals surface area contributed by atoms with E-state index in [1.807, 2.05) is 6.26 Å². The van der Waals surface area contributed by atoms with E-state index in [0.29, 0.717) is 17.9 Å². The van der Waals surface area contributed by atoms with Crippen LogP contribution < -0.4 is 20.1 Å². The van der Waals surface area contributed by atoms with Gasteiger partial charge in [-0.1, -0.05) is 18.2 Å². The highest BCUT2D eigenvalue weighted by Gasteiger charge is 2.29. The number of para-hydroxylation sites is 1. The fourth-order valence-electron chi connectivity index (χ4n) is 2.72. The number of aromatic nitrogens is 1. The van der Waals surface area contributed by atoms with Crippen LogP contribution in [0.25, 0.3) is 0 Å². The standard InChI is InChI=1S/C21H24F3N3O4S/c1-30-17-8-4-3-7-15(17)18(28)27-16(9-11-32-2)19(29)26-12-14-6-5-10-25-20(14)31-13-21(22,23)24/h3-8,10,16H,9,11-13H2,1-2H3,(H,26,29)(H,27,28). The van der Waals surface area contributed by atoms with E-state index in [4.69, 9.17) is 9.47 Å². The minimum Gasteiger partial charge on any atom is -0.496 e. The lowest BCUT2D eigenvalue weighted by atomic mass is 10.1. The van der Waals surface area contributed by atoms with Crippen molar-refractivity contribution in [2.75, 3.05) is 25.7 Å². The molecule has 1 unspecified atom stereocenters. The van der Waals surface area contributed by atoms with Gasteiger partial charge in [0.05, 0.1) is 12.7 Å². The topological polar surface area (TPSA) is 89.5 Å². The summed E-state index contributed by atoms with van der Waals surface area (Å²) < 4.78 is 47.3. The molecule has 0 bridgehead atoms. The molecule has 0 radical (unpaired) electrons. The van der Waals surface area contributed by atoms with Gasteiger partial charge in [-0.05, 0) is 36.6 Å². The number of halogens is 3. The Labute approximate surface area is 188 Å². The third-order valence-electron chi connectivity index (χ3n) is 4.26. The highest BCUT2D eigenvalue weighted by atomic mass is 32.2. The van der Waals surface area contributed by atoms with Crippen LogP contribution in [0.3, 0.4) is 0 Å². The Kier molecular flexibility index (Phi) is 9.63. The Morgan fingerprint density at radius 2 is 1.94 bits per heavy atom. The first kappa shape index (κ1) is 25.3. The van der Waals surface area contributed by atoms with Gasteiger partial charge < -0.3 is 20.1 Å². The smallest absolute Gasteiger partial charge is 0.422 e. The molecule has 7 nitrogen and oxygen atoms in total. The number of thioether (sulfide) groups is 1. The van der Waals surface area contributed by atoms with E-state index in [-0.39, 0.29) is 23.6 Å². The Hall–Kier alpha value is -2.95. The fraction of sp³-hybridized carbons (Fsp3) is 0.381. The van der Waals surface area contributed by atoms with Crippen molar-refractivity contribution < 1.29 is 32.2 Å². The van der Waals surface area contributed by atoms with Crippen molar-refractivity contribution in [1.82, 2.24) is 15.6 Å². The molecule has 2 amide bonds. The number of hydrogen-bond donors (Lipinski definition) is 2. The van der Waals surface area contributed by atoms with E-state index in [9.17, 15) is 22.8 Å². The van der Waals surface area contributed by atoms with Gasteiger partial charge in [0.15, 0.2) is 6.61 Å². The zero-order chi connectivity index (χ0) is 23.6. The lowest BCUT2D eigenvalue weighted by Crippen LogP contribution is -2.47. The van der Waals surface area contributed by atoms with E-state index in [1.54, 1.807) is 24.3 Å². The molecular formula is C21H24F3N3O4S. The van der Waals surface area contributed by atoms with Crippen LogP contribution in [-0.4, -0.2) is 54.7 Å². The zero-order valence-electron chi connectivity index (χ0n) is 17.6. The van der Waals surface area contributed by atoms with Crippen LogP contribution in [0.4, 0.5) is 13.2 Å². The van der Waals surface area contributed by atoms with Crippen LogP contribution in [0.1, 0.15) is 22.3 Å². The number of nitrogens with one attached hydrogen (secondary N) is 2. The van der Waals surface area contributed by atoms with E-state index in [0.717, 1.165) is 0 Å². The number of rotatable bonds is 11. The molecule has 2 aromatic rings. The molecule has 0 aliphatic rings. The lowest BCUT2D eigenvalue weighted by molar-refractivity contribution is -0.154. The molecule has 0 spiro atoms. The number of hydrogen-bond acceptors (Lipinski definition) is 6. The number of carbonyl (C=O) groups is 2. The molecule has 0 fully saturated rings. The second-order valence-corrected chi connectivity index (χ2v) is 7.58. The van der Waals surface area contributed by atoms with Crippen molar-refractivity contribution in [1.29, 1.82) is 0 Å². The Morgan fingerprint density at radius 3 is 2.62 bits per heavy atom. The highest BCUT2D eigenvalue weighted by molar-refractivity contribution is 7.98. The van der Waals surface area contributed by atoms with E-state index in [2.05, 4.69) is 15.6 Å². The summed E-state index contributed by atoms with van der Waals surface area (Å²) in [7, 11) is 1.44. The fourth-order valence-corrected chi connectivity index (χ4v) is 3.19. The monoisotopic (exact) mass is 471 g/mol. The normalized spacial score (nSPS) is 12.0. The summed E-state index contributed by atoms with van der Waals surface area (Å²) in [4.78, 5) is 29.3. The number of pyridine rings is 1. The van der Waals surface area contributed by atoms with Gasteiger partial charge in [0, 0.05) is 18.3 Å². The van der Waals surface area contributed by atoms with Gasteiger partial charge >= 0.3 is 6.18 Å². The maximum absolute atomic E-state index is 12.8. The molecule has 0 aliphatic carbocycles. The molecule has 0 saturated carbocycles. The van der Waals surface area contributed by atoms with Gasteiger partial charge in [0.1, 0.15) is 11.8 Å². The van der Waals surface area contributed by atoms with Crippen molar-refractivity contribution in [3.63, 3.8) is 0 Å². The van der Waals surface area contributed by atoms with E-state index < -0.39 is 30.6 Å². The summed E-state index contributed by atoms with van der Waals surface area (Å²) in [6.07, 6.45) is -0.981. The second-order valence-electron chi connectivity index (χ2n) is 6.60. The van der Waals surface area contributed by atoms with Gasteiger partial charge in [0.2, 0.25) is 11.8 Å². The van der Waals surface area contributed by atoms with Gasteiger partial charge in [-0.15, -0.1) is 0 Å². The molecule has 2 N–H and O–H groups in total. The average Bonchev–Trinajstić information content (AvgIpc) is 2.78. The van der Waals surface area contributed by atoms with Crippen molar-refractivity contribution in [3.05, 3.63) is 53.7 Å². The van der Waals surface area contributed by atoms with E-state index in [1.165, 1.54) is 37.2 Å². The van der Waals surface area contributed by atoms with Crippen LogP contribution >= 0.6 is 11.8 Å². The summed E-state index contributed by atoms with van der Waals surface area (Å²) in [5.41, 5.74) is 0.566. The first-order valence-electron chi connectivity index (χ1n) is 9.59. The molecule has 1 aromatic carbocycles. The van der Waals surface area contributed by atoms with Crippen molar-refractivity contribution >= 4 is 23.6 Å². The van der Waals surface area contributed by atoms with Crippen molar-refractivity contribution in [2.45, 2.75) is 25.2 Å². The van der Waals surface area contributed by atoms with Crippen LogP contribution in [0, 0.1) is 0 Å². The number of nitrogens with zero attached hydrogens (tertiary/aromatic N) is 1. The van der Waals surface area contributed by atoms with E-state index >= 15 is 0 Å². The molecule has 0 saturated heterocycles. The number of alkyl halides is 3. The lowest BCUT2D eigenvalue weighted by Gasteiger charge is -2.19. The third-order valence-corrected chi connectivity index (χ3v) is 4.90. The Balaban J connectivity index is 2.06. The average molecular weight is 472 g/mol. The Bertz CT molecular complexity index is 912. The molecule has 2 rings (SSSR count). The first-order valence-corrected chi connectivity index (χ1v) is 11.0. The quantitative estimate of drug-likeness (QED) is 0.523. The molecule has 11 heteroatoms. The molecule has 1 atom stereocenters. The van der Waals surface area contributed by atoms with Crippen LogP contribution in [0.5, 0.6) is 11.6 Å². The van der Waals surface area contributed by atoms with Crippen molar-refractivity contribution in [3.8, 4) is 11.6 Å². The number of benzene rings is 1. The second kappa shape index (κ2) is 12.2. The summed E-state index contributed by atoms with van der Waals surface area (Å²) in [5.74, 6) is -0.191. The molecule has 0 aliphatic heterocycles. The number of ether oxygens (including phenoxy) is 2. The molecule has 1 heterocycles. The molecule has 174 valence electrons. The highest BCUT2D eigenvalue weighted by Crippen LogP contribution is 2.20. The minimum absolute atomic E-state index is 0.111. The predicted octanol–water partition coefficient (Wildman–Crippen LogP) is 3.20. The van der Waals surface area contributed by atoms with Crippen LogP contribution in [0.15, 0.2) is 42.6 Å². The molecule has 32 heavy (non-hydrogen) atoms. The first-order chi connectivity index (χ1) is 15.2. The van der Waals surface area contributed by atoms with Crippen LogP contribution in [-0.2, 0) is 11.3 Å². The van der Waals surface area contributed by atoms with Gasteiger partial charge in [-0.25, -0.2) is 4.98 Å². The number of amides is 2. The summed E-state index contributed by atoms with van der Waals surface area (Å²) in [6.45, 7) is -1.60. The largest absolute Gasteiger partial charge is 0.496 e. The van der Waals surface area contributed by atoms with Crippen LogP contribution in [0.2, 0.25) is 0 Å². The minimum atomic E-state index is -4.51. The van der Waals surface area contributed by atoms with Gasteiger partial charge in [-0.2, -0.15) is 24.9 Å². The predicted molar refractivity (Wildman–Crippen MR) is 115 cm³/mol. The molecule has 1 aromatic heterocycles. The number of carbonyl (C=O) groups excluding carboxylic acids is 2. The zero-order valence-corrected chi connectivity index (χ0v) is 18.4.